The molecule has 4 aliphatic rings. The molecule has 0 spiro atoms. The number of rotatable bonds is 0. The average molecular weight is 248 g/mol. The van der Waals surface area contributed by atoms with Crippen LogP contribution in [0.25, 0.3) is 0 Å². The molecule has 3 heteroatoms. The summed E-state index contributed by atoms with van der Waals surface area (Å²) in [7, 11) is 0. The largest absolute Gasteiger partial charge is 0.454 e. The van der Waals surface area contributed by atoms with Gasteiger partial charge in [0.05, 0.1) is 11.7 Å². The van der Waals surface area contributed by atoms with Gasteiger partial charge < -0.3 is 9.47 Å². The van der Waals surface area contributed by atoms with E-state index in [1.807, 2.05) is 6.92 Å². The van der Waals surface area contributed by atoms with E-state index in [0.717, 1.165) is 18.4 Å². The minimum absolute atomic E-state index is 0.0534. The molecule has 0 aromatic heterocycles. The van der Waals surface area contributed by atoms with E-state index < -0.39 is 0 Å². The molecule has 2 aliphatic heterocycles. The normalized spacial score (nSPS) is 53.5. The molecule has 0 bridgehead atoms. The van der Waals surface area contributed by atoms with Crippen molar-refractivity contribution in [1.82, 2.24) is 0 Å². The molecule has 0 amide bonds. The van der Waals surface area contributed by atoms with Crippen LogP contribution in [0.3, 0.4) is 0 Å². The predicted molar refractivity (Wildman–Crippen MR) is 65.9 cm³/mol. The van der Waals surface area contributed by atoms with Crippen LogP contribution < -0.4 is 0 Å². The van der Waals surface area contributed by atoms with Crippen molar-refractivity contribution in [2.24, 2.45) is 11.3 Å². The third-order valence-electron chi connectivity index (χ3n) is 5.99. The molecule has 3 nitrogen and oxygen atoms in total. The van der Waals surface area contributed by atoms with Crippen LogP contribution in [0.1, 0.15) is 46.5 Å². The smallest absolute Gasteiger partial charge is 0.334 e. The lowest BCUT2D eigenvalue weighted by Crippen LogP contribution is -2.48. The summed E-state index contributed by atoms with van der Waals surface area (Å²) < 4.78 is 11.5. The zero-order valence-corrected chi connectivity index (χ0v) is 11.3. The van der Waals surface area contributed by atoms with Crippen molar-refractivity contribution in [3.8, 4) is 0 Å². The van der Waals surface area contributed by atoms with Crippen LogP contribution >= 0.6 is 0 Å². The Kier molecular flexibility index (Phi) is 1.84. The van der Waals surface area contributed by atoms with E-state index in [2.05, 4.69) is 13.8 Å². The standard InChI is InChI=1S/C15H20O3/c1-8-9-6-11-14(2,7-10(9)17-13(8)16)5-4-12-15(11,3)18-12/h10-12H,4-7H2,1-3H3/t10-,11+,12+,14+,15-/m0/s1. The van der Waals surface area contributed by atoms with Gasteiger partial charge in [-0.1, -0.05) is 6.92 Å². The summed E-state index contributed by atoms with van der Waals surface area (Å²) in [6, 6.07) is 0. The number of esters is 1. The molecule has 0 unspecified atom stereocenters. The van der Waals surface area contributed by atoms with Crippen LogP contribution in [0.4, 0.5) is 0 Å². The summed E-state index contributed by atoms with van der Waals surface area (Å²) in [5.74, 6) is 0.454. The minimum Gasteiger partial charge on any atom is -0.454 e. The molecular formula is C15H20O3. The topological polar surface area (TPSA) is 38.8 Å². The van der Waals surface area contributed by atoms with Gasteiger partial charge in [-0.2, -0.15) is 0 Å². The van der Waals surface area contributed by atoms with Crippen molar-refractivity contribution in [1.29, 1.82) is 0 Å². The average Bonchev–Trinajstić information content (AvgIpc) is 2.91. The molecule has 18 heavy (non-hydrogen) atoms. The van der Waals surface area contributed by atoms with Gasteiger partial charge in [-0.25, -0.2) is 4.79 Å². The Balaban J connectivity index is 1.74. The van der Waals surface area contributed by atoms with Crippen molar-refractivity contribution in [3.05, 3.63) is 11.1 Å². The Morgan fingerprint density at radius 3 is 2.89 bits per heavy atom. The molecule has 0 N–H and O–H groups in total. The van der Waals surface area contributed by atoms with Crippen molar-refractivity contribution in [3.63, 3.8) is 0 Å². The number of hydrogen-bond donors (Lipinski definition) is 0. The van der Waals surface area contributed by atoms with Gasteiger partial charge in [0.25, 0.3) is 0 Å². The monoisotopic (exact) mass is 248 g/mol. The van der Waals surface area contributed by atoms with Crippen LogP contribution in [0.5, 0.6) is 0 Å². The highest BCUT2D eigenvalue weighted by Crippen LogP contribution is 2.64. The third kappa shape index (κ3) is 1.16. The maximum absolute atomic E-state index is 11.7. The molecule has 4 rings (SSSR count). The van der Waals surface area contributed by atoms with Crippen molar-refractivity contribution >= 4 is 5.97 Å². The maximum atomic E-state index is 11.7. The summed E-state index contributed by atoms with van der Waals surface area (Å²) in [5, 5.41) is 0. The Morgan fingerprint density at radius 1 is 1.33 bits per heavy atom. The summed E-state index contributed by atoms with van der Waals surface area (Å²) >= 11 is 0. The summed E-state index contributed by atoms with van der Waals surface area (Å²) in [5.41, 5.74) is 2.45. The van der Waals surface area contributed by atoms with E-state index in [9.17, 15) is 4.79 Å². The molecule has 98 valence electrons. The summed E-state index contributed by atoms with van der Waals surface area (Å²) in [6.45, 7) is 6.53. The highest BCUT2D eigenvalue weighted by Gasteiger charge is 2.67. The van der Waals surface area contributed by atoms with Gasteiger partial charge >= 0.3 is 5.97 Å². The van der Waals surface area contributed by atoms with Gasteiger partial charge in [-0.05, 0) is 56.4 Å². The van der Waals surface area contributed by atoms with Gasteiger partial charge in [0, 0.05) is 5.57 Å². The zero-order valence-electron chi connectivity index (χ0n) is 11.3. The second-order valence-corrected chi connectivity index (χ2v) is 6.99. The Morgan fingerprint density at radius 2 is 2.11 bits per heavy atom. The fourth-order valence-electron chi connectivity index (χ4n) is 4.70. The molecule has 2 heterocycles. The quantitative estimate of drug-likeness (QED) is 0.488. The van der Waals surface area contributed by atoms with Gasteiger partial charge in [0.1, 0.15) is 6.10 Å². The lowest BCUT2D eigenvalue weighted by atomic mass is 9.55. The first kappa shape index (κ1) is 11.0. The van der Waals surface area contributed by atoms with Gasteiger partial charge in [0.15, 0.2) is 0 Å². The van der Waals surface area contributed by atoms with E-state index in [4.69, 9.17) is 9.47 Å². The highest BCUT2D eigenvalue weighted by molar-refractivity contribution is 5.91. The number of carbonyl (C=O) groups is 1. The summed E-state index contributed by atoms with van der Waals surface area (Å²) in [6.07, 6.45) is 4.87. The summed E-state index contributed by atoms with van der Waals surface area (Å²) in [4.78, 5) is 11.7. The SMILES string of the molecule is CC1=C2C[C@@H]3[C@](C)(CC[C@H]4O[C@@]34C)C[C@@H]2OC1=O. The molecule has 2 aliphatic carbocycles. The first-order chi connectivity index (χ1) is 8.44. The molecule has 0 radical (unpaired) electrons. The minimum atomic E-state index is -0.101. The Bertz CT molecular complexity index is 480. The zero-order chi connectivity index (χ0) is 12.7. The first-order valence-corrected chi connectivity index (χ1v) is 7.02. The Hall–Kier alpha value is -0.830. The second kappa shape index (κ2) is 3.01. The van der Waals surface area contributed by atoms with E-state index >= 15 is 0 Å². The molecule has 1 saturated heterocycles. The van der Waals surface area contributed by atoms with Gasteiger partial charge in [-0.15, -0.1) is 0 Å². The number of hydrogen-bond acceptors (Lipinski definition) is 3. The molecule has 0 aromatic rings. The molecule has 5 atom stereocenters. The van der Waals surface area contributed by atoms with Crippen molar-refractivity contribution in [2.75, 3.05) is 0 Å². The van der Waals surface area contributed by atoms with Crippen LogP contribution in [-0.2, 0) is 14.3 Å². The van der Waals surface area contributed by atoms with Crippen LogP contribution in [0.15, 0.2) is 11.1 Å². The van der Waals surface area contributed by atoms with Crippen LogP contribution in [0, 0.1) is 11.3 Å². The fraction of sp³-hybridized carbons (Fsp3) is 0.800. The van der Waals surface area contributed by atoms with Crippen molar-refractivity contribution in [2.45, 2.75) is 64.3 Å². The molecule has 3 fully saturated rings. The maximum Gasteiger partial charge on any atom is 0.334 e. The lowest BCUT2D eigenvalue weighted by Gasteiger charge is -2.48. The number of ether oxygens (including phenoxy) is 2. The molecule has 0 aromatic carbocycles. The third-order valence-corrected chi connectivity index (χ3v) is 5.99. The number of carbonyl (C=O) groups excluding carboxylic acids is 1. The van der Waals surface area contributed by atoms with Crippen molar-refractivity contribution < 1.29 is 14.3 Å². The fourth-order valence-corrected chi connectivity index (χ4v) is 4.70. The van der Waals surface area contributed by atoms with Crippen LogP contribution in [-0.4, -0.2) is 23.8 Å². The highest BCUT2D eigenvalue weighted by atomic mass is 16.6. The van der Waals surface area contributed by atoms with Gasteiger partial charge in [-0.3, -0.25) is 0 Å². The Labute approximate surface area is 108 Å². The van der Waals surface area contributed by atoms with E-state index in [1.165, 1.54) is 18.4 Å². The van der Waals surface area contributed by atoms with E-state index in [0.29, 0.717) is 12.0 Å². The number of epoxide rings is 1. The lowest BCUT2D eigenvalue weighted by molar-refractivity contribution is -0.142. The predicted octanol–water partition coefficient (Wildman–Crippen LogP) is 2.60. The molecular weight excluding hydrogens is 228 g/mol. The first-order valence-electron chi connectivity index (χ1n) is 7.02. The van der Waals surface area contributed by atoms with E-state index in [-0.39, 0.29) is 23.1 Å². The van der Waals surface area contributed by atoms with Crippen LogP contribution in [0.2, 0.25) is 0 Å². The number of fused-ring (bicyclic) bond motifs is 4. The van der Waals surface area contributed by atoms with E-state index in [1.54, 1.807) is 0 Å². The van der Waals surface area contributed by atoms with Gasteiger partial charge in [0.2, 0.25) is 0 Å². The molecule has 2 saturated carbocycles. The second-order valence-electron chi connectivity index (χ2n) is 6.99.